The van der Waals surface area contributed by atoms with Gasteiger partial charge in [0.05, 0.1) is 22.6 Å². The van der Waals surface area contributed by atoms with E-state index in [4.69, 9.17) is 16.3 Å². The number of halogens is 2. The minimum Gasteiger partial charge on any atom is -0.504 e. The molecule has 1 aromatic heterocycles. The lowest BCUT2D eigenvalue weighted by Crippen LogP contribution is -2.00. The summed E-state index contributed by atoms with van der Waals surface area (Å²) >= 11 is 5.65. The van der Waals surface area contributed by atoms with Crippen molar-refractivity contribution in [2.24, 2.45) is 0 Å². The summed E-state index contributed by atoms with van der Waals surface area (Å²) in [6.07, 6.45) is 1.08. The molecule has 0 aliphatic carbocycles. The van der Waals surface area contributed by atoms with Crippen LogP contribution in [0.2, 0.25) is 5.02 Å². The third-order valence-electron chi connectivity index (χ3n) is 3.53. The number of hydrogen-bond donors (Lipinski definition) is 2. The lowest BCUT2D eigenvalue weighted by Gasteiger charge is -2.12. The van der Waals surface area contributed by atoms with Gasteiger partial charge < -0.3 is 15.2 Å². The van der Waals surface area contributed by atoms with Crippen LogP contribution in [0.3, 0.4) is 0 Å². The molecular formula is C16H11ClFN3O4. The summed E-state index contributed by atoms with van der Waals surface area (Å²) in [5, 5.41) is 24.3. The largest absolute Gasteiger partial charge is 0.504 e. The van der Waals surface area contributed by atoms with Crippen LogP contribution >= 0.6 is 11.6 Å². The van der Waals surface area contributed by atoms with Crippen molar-refractivity contribution < 1.29 is 19.2 Å². The van der Waals surface area contributed by atoms with E-state index in [1.807, 2.05) is 0 Å². The standard InChI is InChI=1S/C16H11ClFN3O4/c1-25-15-6-12-9(5-14(15)22)16(13(7-19-12)21(23)24)20-8-2-3-10(17)11(18)4-8/h2-7,22H,1H3,(H,19,20). The summed E-state index contributed by atoms with van der Waals surface area (Å²) in [5.74, 6) is -0.697. The molecule has 128 valence electrons. The lowest BCUT2D eigenvalue weighted by atomic mass is 10.1. The van der Waals surface area contributed by atoms with Gasteiger partial charge in [-0.3, -0.25) is 10.1 Å². The molecule has 2 N–H and O–H groups in total. The highest BCUT2D eigenvalue weighted by Gasteiger charge is 2.20. The van der Waals surface area contributed by atoms with Gasteiger partial charge in [-0.25, -0.2) is 9.37 Å². The van der Waals surface area contributed by atoms with E-state index in [9.17, 15) is 19.6 Å². The first-order valence-corrected chi connectivity index (χ1v) is 7.34. The van der Waals surface area contributed by atoms with Gasteiger partial charge in [-0.15, -0.1) is 0 Å². The van der Waals surface area contributed by atoms with Crippen molar-refractivity contribution in [3.05, 3.63) is 57.5 Å². The summed E-state index contributed by atoms with van der Waals surface area (Å²) in [7, 11) is 1.38. The summed E-state index contributed by atoms with van der Waals surface area (Å²) < 4.78 is 18.7. The Hall–Kier alpha value is -3.13. The minimum absolute atomic E-state index is 0.0645. The summed E-state index contributed by atoms with van der Waals surface area (Å²) in [4.78, 5) is 14.7. The van der Waals surface area contributed by atoms with Crippen molar-refractivity contribution in [2.45, 2.75) is 0 Å². The van der Waals surface area contributed by atoms with Crippen LogP contribution in [0, 0.1) is 15.9 Å². The second kappa shape index (κ2) is 6.40. The number of aromatic nitrogens is 1. The van der Waals surface area contributed by atoms with Crippen LogP contribution in [0.5, 0.6) is 11.5 Å². The molecule has 9 heteroatoms. The Balaban J connectivity index is 2.22. The van der Waals surface area contributed by atoms with Crippen molar-refractivity contribution in [1.82, 2.24) is 4.98 Å². The van der Waals surface area contributed by atoms with Crippen LogP contribution in [-0.4, -0.2) is 22.1 Å². The van der Waals surface area contributed by atoms with Crippen LogP contribution in [0.25, 0.3) is 10.9 Å². The van der Waals surface area contributed by atoms with Gasteiger partial charge >= 0.3 is 5.69 Å². The van der Waals surface area contributed by atoms with Crippen LogP contribution < -0.4 is 10.1 Å². The average molecular weight is 364 g/mol. The maximum atomic E-state index is 13.6. The zero-order valence-electron chi connectivity index (χ0n) is 12.8. The number of phenols is 1. The van der Waals surface area contributed by atoms with Crippen LogP contribution in [-0.2, 0) is 0 Å². The Morgan fingerprint density at radius 3 is 2.76 bits per heavy atom. The normalized spacial score (nSPS) is 10.7. The molecule has 25 heavy (non-hydrogen) atoms. The Labute approximate surface area is 145 Å². The number of fused-ring (bicyclic) bond motifs is 1. The maximum absolute atomic E-state index is 13.6. The lowest BCUT2D eigenvalue weighted by molar-refractivity contribution is -0.384. The molecule has 0 saturated carbocycles. The first kappa shape index (κ1) is 16.7. The van der Waals surface area contributed by atoms with Gasteiger partial charge in [-0.05, 0) is 24.3 Å². The minimum atomic E-state index is -0.669. The molecule has 0 aliphatic rings. The molecule has 0 spiro atoms. The second-order valence-corrected chi connectivity index (χ2v) is 5.48. The van der Waals surface area contributed by atoms with Crippen molar-refractivity contribution in [3.63, 3.8) is 0 Å². The highest BCUT2D eigenvalue weighted by Crippen LogP contribution is 2.39. The van der Waals surface area contributed by atoms with Gasteiger partial charge in [-0.1, -0.05) is 11.6 Å². The average Bonchev–Trinajstić information content (AvgIpc) is 2.57. The SMILES string of the molecule is COc1cc2ncc([N+](=O)[O-])c(Nc3ccc(Cl)c(F)c3)c2cc1O. The number of methoxy groups -OCH3 is 1. The molecule has 0 radical (unpaired) electrons. The molecule has 0 unspecified atom stereocenters. The molecule has 0 aliphatic heterocycles. The zero-order chi connectivity index (χ0) is 18.1. The van der Waals surface area contributed by atoms with E-state index in [1.165, 1.54) is 31.4 Å². The van der Waals surface area contributed by atoms with E-state index >= 15 is 0 Å². The highest BCUT2D eigenvalue weighted by molar-refractivity contribution is 6.30. The fourth-order valence-corrected chi connectivity index (χ4v) is 2.47. The Kier molecular flexibility index (Phi) is 4.28. The smallest absolute Gasteiger partial charge is 0.311 e. The predicted molar refractivity (Wildman–Crippen MR) is 91.3 cm³/mol. The number of hydrogen-bond acceptors (Lipinski definition) is 6. The quantitative estimate of drug-likeness (QED) is 0.527. The Morgan fingerprint density at radius 2 is 2.12 bits per heavy atom. The molecule has 3 aromatic rings. The van der Waals surface area contributed by atoms with Crippen LogP contribution in [0.15, 0.2) is 36.5 Å². The molecule has 2 aromatic carbocycles. The van der Waals surface area contributed by atoms with Crippen LogP contribution in [0.1, 0.15) is 0 Å². The molecule has 0 atom stereocenters. The summed E-state index contributed by atoms with van der Waals surface area (Å²) in [6, 6.07) is 6.66. The maximum Gasteiger partial charge on any atom is 0.311 e. The number of nitrogens with one attached hydrogen (secondary N) is 1. The topological polar surface area (TPSA) is 97.5 Å². The first-order chi connectivity index (χ1) is 11.9. The van der Waals surface area contributed by atoms with E-state index in [0.717, 1.165) is 12.3 Å². The van der Waals surface area contributed by atoms with E-state index in [2.05, 4.69) is 10.3 Å². The molecular weight excluding hydrogens is 353 g/mol. The van der Waals surface area contributed by atoms with E-state index in [0.29, 0.717) is 5.52 Å². The number of benzene rings is 2. The van der Waals surface area contributed by atoms with Gasteiger partial charge in [0, 0.05) is 17.1 Å². The monoisotopic (exact) mass is 363 g/mol. The number of anilines is 2. The molecule has 0 fully saturated rings. The fraction of sp³-hybridized carbons (Fsp3) is 0.0625. The number of phenolic OH excluding ortho intramolecular Hbond substituents is 1. The zero-order valence-corrected chi connectivity index (χ0v) is 13.5. The van der Waals surface area contributed by atoms with Gasteiger partial charge in [0.1, 0.15) is 17.7 Å². The second-order valence-electron chi connectivity index (χ2n) is 5.07. The highest BCUT2D eigenvalue weighted by atomic mass is 35.5. The van der Waals surface area contributed by atoms with Gasteiger partial charge in [0.25, 0.3) is 0 Å². The number of aromatic hydroxyl groups is 1. The van der Waals surface area contributed by atoms with E-state index in [1.54, 1.807) is 0 Å². The van der Waals surface area contributed by atoms with Gasteiger partial charge in [0.2, 0.25) is 0 Å². The Bertz CT molecular complexity index is 997. The third kappa shape index (κ3) is 3.11. The van der Waals surface area contributed by atoms with Crippen molar-refractivity contribution in [3.8, 4) is 11.5 Å². The van der Waals surface area contributed by atoms with Crippen molar-refractivity contribution >= 4 is 39.6 Å². The van der Waals surface area contributed by atoms with Crippen molar-refractivity contribution in [2.75, 3.05) is 12.4 Å². The van der Waals surface area contributed by atoms with E-state index in [-0.39, 0.29) is 39.0 Å². The molecule has 0 saturated heterocycles. The number of ether oxygens (including phenoxy) is 1. The molecule has 3 rings (SSSR count). The number of nitrogens with zero attached hydrogens (tertiary/aromatic N) is 2. The molecule has 1 heterocycles. The number of pyridine rings is 1. The van der Waals surface area contributed by atoms with Crippen molar-refractivity contribution in [1.29, 1.82) is 0 Å². The number of rotatable bonds is 4. The third-order valence-corrected chi connectivity index (χ3v) is 3.84. The van der Waals surface area contributed by atoms with E-state index < -0.39 is 10.7 Å². The molecule has 0 bridgehead atoms. The molecule has 0 amide bonds. The summed E-state index contributed by atoms with van der Waals surface area (Å²) in [5.41, 5.74) is 0.354. The number of nitro groups is 1. The fourth-order valence-electron chi connectivity index (χ4n) is 2.35. The summed E-state index contributed by atoms with van der Waals surface area (Å²) in [6.45, 7) is 0. The van der Waals surface area contributed by atoms with Crippen LogP contribution in [0.4, 0.5) is 21.5 Å². The molecule has 7 nitrogen and oxygen atoms in total. The predicted octanol–water partition coefficient (Wildman–Crippen LogP) is 4.39. The van der Waals surface area contributed by atoms with Gasteiger partial charge in [-0.2, -0.15) is 0 Å². The first-order valence-electron chi connectivity index (χ1n) is 6.97. The van der Waals surface area contributed by atoms with Gasteiger partial charge in [0.15, 0.2) is 11.5 Å². The Morgan fingerprint density at radius 1 is 1.36 bits per heavy atom.